The van der Waals surface area contributed by atoms with E-state index in [1.165, 1.54) is 39.0 Å². The lowest BCUT2D eigenvalue weighted by atomic mass is 9.35. The van der Waals surface area contributed by atoms with E-state index in [2.05, 4.69) is 34.6 Å². The van der Waals surface area contributed by atoms with Gasteiger partial charge in [0.25, 0.3) is 0 Å². The van der Waals surface area contributed by atoms with Gasteiger partial charge in [-0.3, -0.25) is 4.79 Å². The number of rotatable bonds is 4. The summed E-state index contributed by atoms with van der Waals surface area (Å²) < 4.78 is 12.6. The molecule has 5 aliphatic rings. The zero-order chi connectivity index (χ0) is 27.2. The van der Waals surface area contributed by atoms with Gasteiger partial charge in [0.05, 0.1) is 17.3 Å². The fourth-order valence-electron chi connectivity index (χ4n) is 11.5. The molecule has 0 unspecified atom stereocenters. The van der Waals surface area contributed by atoms with E-state index in [0.717, 1.165) is 32.1 Å². The van der Waals surface area contributed by atoms with Gasteiger partial charge in [-0.1, -0.05) is 27.7 Å². The van der Waals surface area contributed by atoms with Crippen molar-refractivity contribution < 1.29 is 24.5 Å². The van der Waals surface area contributed by atoms with Crippen molar-refractivity contribution in [2.75, 3.05) is 6.61 Å². The van der Waals surface area contributed by atoms with Gasteiger partial charge in [-0.25, -0.2) is 0 Å². The summed E-state index contributed by atoms with van der Waals surface area (Å²) in [6.07, 6.45) is 10.7. The van der Waals surface area contributed by atoms with Crippen molar-refractivity contribution in [1.29, 1.82) is 0 Å². The number of hydrogen-bond donors (Lipinski definition) is 2. The number of carbonyl (C=O) groups is 1. The summed E-state index contributed by atoms with van der Waals surface area (Å²) in [5.74, 6) is 1.82. The van der Waals surface area contributed by atoms with Gasteiger partial charge in [0.2, 0.25) is 0 Å². The number of fused-ring (bicyclic) bond motifs is 5. The molecule has 4 aliphatic carbocycles. The largest absolute Gasteiger partial charge is 0.462 e. The predicted molar refractivity (Wildman–Crippen MR) is 145 cm³/mol. The third-order valence-electron chi connectivity index (χ3n) is 13.5. The minimum absolute atomic E-state index is 0.0648. The van der Waals surface area contributed by atoms with E-state index in [9.17, 15) is 15.0 Å². The fourth-order valence-corrected chi connectivity index (χ4v) is 11.5. The highest BCUT2D eigenvalue weighted by Gasteiger charge is 2.71. The second kappa shape index (κ2) is 8.67. The minimum atomic E-state index is -0.799. The van der Waals surface area contributed by atoms with E-state index in [-0.39, 0.29) is 52.0 Å². The Morgan fingerprint density at radius 1 is 0.865 bits per heavy atom. The molecule has 10 atom stereocenters. The number of hydrogen-bond acceptors (Lipinski definition) is 5. The van der Waals surface area contributed by atoms with Crippen LogP contribution in [0.1, 0.15) is 120 Å². The SMILES string of the molecule is CC(=O)O[C@H]1CC[C@]2(CO)[C@H]3CC[C@@H]4[C@@H]([C@]5(C)CC[C@@H](C(C)(C)O)O5)CC[C@@]4(C)[C@]3(C)CC[C@H]2C1(C)C. The van der Waals surface area contributed by atoms with Crippen LogP contribution in [0.3, 0.4) is 0 Å². The van der Waals surface area contributed by atoms with Gasteiger partial charge in [-0.05, 0) is 119 Å². The third-order valence-corrected chi connectivity index (χ3v) is 13.5. The Bertz CT molecular complexity index is 907. The van der Waals surface area contributed by atoms with Gasteiger partial charge in [0, 0.05) is 24.4 Å². The molecule has 0 radical (unpaired) electrons. The maximum atomic E-state index is 11.9. The van der Waals surface area contributed by atoms with Crippen molar-refractivity contribution in [2.45, 2.75) is 143 Å². The Morgan fingerprint density at radius 3 is 2.14 bits per heavy atom. The second-order valence-corrected chi connectivity index (χ2v) is 15.8. The summed E-state index contributed by atoms with van der Waals surface area (Å²) in [6, 6.07) is 0. The topological polar surface area (TPSA) is 76.0 Å². The van der Waals surface area contributed by atoms with E-state index in [4.69, 9.17) is 9.47 Å². The lowest BCUT2D eigenvalue weighted by Gasteiger charge is -2.70. The number of esters is 1. The molecule has 1 aliphatic heterocycles. The zero-order valence-electron chi connectivity index (χ0n) is 24.9. The molecule has 1 heterocycles. The molecule has 4 saturated carbocycles. The van der Waals surface area contributed by atoms with Crippen LogP contribution in [-0.2, 0) is 14.3 Å². The monoisotopic (exact) mass is 518 g/mol. The molecule has 5 heteroatoms. The van der Waals surface area contributed by atoms with Crippen LogP contribution in [0, 0.1) is 45.3 Å². The standard InChI is InChI=1S/C32H54O5/c1-20(34)36-25-14-18-32(19-33)23(27(25,2)3)12-16-30(7)24(32)10-9-21-22(11-15-29(21,30)6)31(8)17-13-26(37-31)28(4,5)35/h21-26,33,35H,9-19H2,1-8H3/t21-,22+,23+,24+,25+,26+,29-,30-,31+,32-/m1/s1. The summed E-state index contributed by atoms with van der Waals surface area (Å²) >= 11 is 0. The summed E-state index contributed by atoms with van der Waals surface area (Å²) in [4.78, 5) is 11.9. The van der Waals surface area contributed by atoms with Gasteiger partial charge in [-0.2, -0.15) is 0 Å². The van der Waals surface area contributed by atoms with Crippen LogP contribution in [0.5, 0.6) is 0 Å². The molecule has 212 valence electrons. The van der Waals surface area contributed by atoms with Gasteiger partial charge in [-0.15, -0.1) is 0 Å². The molecular weight excluding hydrogens is 464 g/mol. The van der Waals surface area contributed by atoms with Crippen LogP contribution >= 0.6 is 0 Å². The van der Waals surface area contributed by atoms with Crippen LogP contribution < -0.4 is 0 Å². The maximum absolute atomic E-state index is 11.9. The molecule has 0 aromatic rings. The molecule has 37 heavy (non-hydrogen) atoms. The Morgan fingerprint density at radius 2 is 1.54 bits per heavy atom. The van der Waals surface area contributed by atoms with Crippen LogP contribution in [0.15, 0.2) is 0 Å². The Balaban J connectivity index is 1.44. The molecule has 0 amide bonds. The molecule has 0 aromatic carbocycles. The van der Waals surface area contributed by atoms with E-state index in [0.29, 0.717) is 23.7 Å². The molecule has 0 bridgehead atoms. The predicted octanol–water partition coefficient (Wildman–Crippen LogP) is 6.28. The van der Waals surface area contributed by atoms with Gasteiger partial charge in [0.1, 0.15) is 6.10 Å². The normalized spacial score (nSPS) is 51.2. The summed E-state index contributed by atoms with van der Waals surface area (Å²) in [5, 5.41) is 21.8. The maximum Gasteiger partial charge on any atom is 0.302 e. The summed E-state index contributed by atoms with van der Waals surface area (Å²) in [5.41, 5.74) is -0.790. The van der Waals surface area contributed by atoms with E-state index in [1.807, 2.05) is 13.8 Å². The van der Waals surface area contributed by atoms with Crippen molar-refractivity contribution in [2.24, 2.45) is 45.3 Å². The van der Waals surface area contributed by atoms with Crippen molar-refractivity contribution in [3.05, 3.63) is 0 Å². The smallest absolute Gasteiger partial charge is 0.302 e. The average Bonchev–Trinajstić information content (AvgIpc) is 3.37. The quantitative estimate of drug-likeness (QED) is 0.428. The van der Waals surface area contributed by atoms with Crippen molar-refractivity contribution in [3.63, 3.8) is 0 Å². The first-order valence-corrected chi connectivity index (χ1v) is 15.2. The molecule has 0 spiro atoms. The number of aliphatic hydroxyl groups excluding tert-OH is 1. The van der Waals surface area contributed by atoms with E-state index in [1.54, 1.807) is 0 Å². The van der Waals surface area contributed by atoms with E-state index >= 15 is 0 Å². The molecule has 5 rings (SSSR count). The van der Waals surface area contributed by atoms with Crippen molar-refractivity contribution in [1.82, 2.24) is 0 Å². The van der Waals surface area contributed by atoms with Crippen LogP contribution in [0.2, 0.25) is 0 Å². The highest BCUT2D eigenvalue weighted by Crippen LogP contribution is 2.76. The second-order valence-electron chi connectivity index (χ2n) is 15.8. The van der Waals surface area contributed by atoms with Crippen molar-refractivity contribution >= 4 is 5.97 Å². The molecular formula is C32H54O5. The fraction of sp³-hybridized carbons (Fsp3) is 0.969. The van der Waals surface area contributed by atoms with Gasteiger partial charge in [0.15, 0.2) is 0 Å². The van der Waals surface area contributed by atoms with Crippen LogP contribution in [0.25, 0.3) is 0 Å². The molecule has 1 saturated heterocycles. The first-order valence-electron chi connectivity index (χ1n) is 15.2. The van der Waals surface area contributed by atoms with E-state index < -0.39 is 5.60 Å². The molecule has 5 fully saturated rings. The van der Waals surface area contributed by atoms with Gasteiger partial charge >= 0.3 is 5.97 Å². The molecule has 2 N–H and O–H groups in total. The third kappa shape index (κ3) is 3.83. The Hall–Kier alpha value is -0.650. The number of carbonyl (C=O) groups excluding carboxylic acids is 1. The minimum Gasteiger partial charge on any atom is -0.462 e. The zero-order valence-corrected chi connectivity index (χ0v) is 24.9. The highest BCUT2D eigenvalue weighted by molar-refractivity contribution is 5.66. The van der Waals surface area contributed by atoms with Gasteiger partial charge < -0.3 is 19.7 Å². The highest BCUT2D eigenvalue weighted by atomic mass is 16.5. The average molecular weight is 519 g/mol. The molecule has 5 nitrogen and oxygen atoms in total. The first kappa shape index (κ1) is 27.9. The number of ether oxygens (including phenoxy) is 2. The lowest BCUT2D eigenvalue weighted by Crippen LogP contribution is -2.66. The van der Waals surface area contributed by atoms with Crippen LogP contribution in [0.4, 0.5) is 0 Å². The van der Waals surface area contributed by atoms with Crippen LogP contribution in [-0.4, -0.2) is 46.2 Å². The lowest BCUT2D eigenvalue weighted by molar-refractivity contribution is -0.246. The number of aliphatic hydroxyl groups is 2. The van der Waals surface area contributed by atoms with Crippen molar-refractivity contribution in [3.8, 4) is 0 Å². The Kier molecular flexibility index (Phi) is 6.54. The molecule has 0 aromatic heterocycles. The first-order chi connectivity index (χ1) is 17.1. The Labute approximate surface area is 225 Å². The summed E-state index contributed by atoms with van der Waals surface area (Å²) in [7, 11) is 0. The summed E-state index contributed by atoms with van der Waals surface area (Å²) in [6.45, 7) is 17.6.